The first-order chi connectivity index (χ1) is 12.1. The van der Waals surface area contributed by atoms with Crippen LogP contribution in [0.15, 0.2) is 48.5 Å². The smallest absolute Gasteiger partial charge is 0.316 e. The van der Waals surface area contributed by atoms with Crippen LogP contribution >= 0.6 is 0 Å². The lowest BCUT2D eigenvalue weighted by Gasteiger charge is -2.17. The monoisotopic (exact) mass is 339 g/mol. The van der Waals surface area contributed by atoms with Gasteiger partial charge in [-0.15, -0.1) is 0 Å². The van der Waals surface area contributed by atoms with Crippen molar-refractivity contribution in [2.24, 2.45) is 5.92 Å². The molecule has 1 heterocycles. The molecule has 0 N–H and O–H groups in total. The lowest BCUT2D eigenvalue weighted by molar-refractivity contribution is -0.139. The topological polar surface area (TPSA) is 72.9 Å². The summed E-state index contributed by atoms with van der Waals surface area (Å²) in [5.74, 6) is -0.136. The quantitative estimate of drug-likeness (QED) is 0.475. The van der Waals surface area contributed by atoms with Crippen molar-refractivity contribution < 1.29 is 23.9 Å². The van der Waals surface area contributed by atoms with E-state index in [0.717, 1.165) is 0 Å². The van der Waals surface area contributed by atoms with Gasteiger partial charge in [-0.25, -0.2) is 0 Å². The van der Waals surface area contributed by atoms with E-state index in [0.29, 0.717) is 29.0 Å². The van der Waals surface area contributed by atoms with Crippen LogP contribution in [0.5, 0.6) is 11.5 Å². The van der Waals surface area contributed by atoms with E-state index in [2.05, 4.69) is 0 Å². The van der Waals surface area contributed by atoms with Gasteiger partial charge >= 0.3 is 5.97 Å². The molecular weight excluding hydrogens is 322 g/mol. The van der Waals surface area contributed by atoms with Gasteiger partial charge in [0.15, 0.2) is 0 Å². The summed E-state index contributed by atoms with van der Waals surface area (Å²) in [7, 11) is 1.56. The molecule has 1 aliphatic heterocycles. The Morgan fingerprint density at radius 3 is 2.60 bits per heavy atom. The normalized spacial score (nSPS) is 16.6. The first-order valence-corrected chi connectivity index (χ1v) is 7.82. The molecule has 2 aromatic rings. The molecule has 6 heteroatoms. The number of ether oxygens (including phenoxy) is 2. The second-order valence-corrected chi connectivity index (χ2v) is 5.71. The molecular formula is C19H17NO5. The number of methoxy groups -OCH3 is 1. The number of aldehydes is 1. The van der Waals surface area contributed by atoms with Crippen LogP contribution in [0.25, 0.3) is 0 Å². The average molecular weight is 339 g/mol. The Labute approximate surface area is 145 Å². The number of nitrogens with zero attached hydrogens (tertiary/aromatic N) is 1. The second kappa shape index (κ2) is 7.17. The van der Waals surface area contributed by atoms with Crippen molar-refractivity contribution in [3.63, 3.8) is 0 Å². The number of anilines is 1. The summed E-state index contributed by atoms with van der Waals surface area (Å²) in [6, 6.07) is 13.4. The van der Waals surface area contributed by atoms with Crippen molar-refractivity contribution in [3.05, 3.63) is 54.1 Å². The molecule has 1 amide bonds. The molecule has 0 aromatic heterocycles. The summed E-state index contributed by atoms with van der Waals surface area (Å²) in [6.07, 6.45) is 0.815. The van der Waals surface area contributed by atoms with Gasteiger partial charge < -0.3 is 14.4 Å². The van der Waals surface area contributed by atoms with Crippen LogP contribution in [-0.2, 0) is 9.59 Å². The largest absolute Gasteiger partial charge is 0.497 e. The first kappa shape index (κ1) is 16.7. The molecule has 2 aromatic carbocycles. The average Bonchev–Trinajstić information content (AvgIpc) is 3.04. The molecule has 0 saturated carbocycles. The first-order valence-electron chi connectivity index (χ1n) is 7.82. The molecule has 0 aliphatic carbocycles. The molecule has 3 rings (SSSR count). The van der Waals surface area contributed by atoms with Crippen LogP contribution in [0, 0.1) is 5.92 Å². The van der Waals surface area contributed by atoms with Crippen LogP contribution < -0.4 is 14.4 Å². The molecule has 6 nitrogen and oxygen atoms in total. The minimum Gasteiger partial charge on any atom is -0.497 e. The van der Waals surface area contributed by atoms with E-state index < -0.39 is 11.9 Å². The van der Waals surface area contributed by atoms with E-state index in [1.54, 1.807) is 60.5 Å². The summed E-state index contributed by atoms with van der Waals surface area (Å²) in [6.45, 7) is 0.261. The number of carbonyl (C=O) groups is 3. The molecule has 25 heavy (non-hydrogen) atoms. The minimum atomic E-state index is -0.538. The van der Waals surface area contributed by atoms with Gasteiger partial charge in [0.05, 0.1) is 13.0 Å². The maximum Gasteiger partial charge on any atom is 0.316 e. The molecule has 1 saturated heterocycles. The molecule has 0 bridgehead atoms. The third-order valence-corrected chi connectivity index (χ3v) is 4.06. The SMILES string of the molecule is COc1cccc(N2C[C@@H](C(=O)Oc3ccc(C=O)cc3)CC2=O)c1. The molecule has 0 unspecified atom stereocenters. The standard InChI is InChI=1S/C19H17NO5/c1-24-17-4-2-3-15(10-17)20-11-14(9-18(20)22)19(23)25-16-7-5-13(12-21)6-8-16/h2-8,10,12,14H,9,11H2,1H3/t14-/m0/s1. The Morgan fingerprint density at radius 1 is 1.16 bits per heavy atom. The van der Waals surface area contributed by atoms with Gasteiger partial charge in [0, 0.05) is 30.3 Å². The zero-order valence-electron chi connectivity index (χ0n) is 13.7. The zero-order chi connectivity index (χ0) is 17.8. The van der Waals surface area contributed by atoms with Crippen LogP contribution in [0.2, 0.25) is 0 Å². The molecule has 1 fully saturated rings. The van der Waals surface area contributed by atoms with Crippen LogP contribution in [0.3, 0.4) is 0 Å². The molecule has 0 radical (unpaired) electrons. The van der Waals surface area contributed by atoms with Gasteiger partial charge in [0.1, 0.15) is 17.8 Å². The number of esters is 1. The van der Waals surface area contributed by atoms with Gasteiger partial charge in [0.25, 0.3) is 0 Å². The van der Waals surface area contributed by atoms with Gasteiger partial charge in [-0.2, -0.15) is 0 Å². The summed E-state index contributed by atoms with van der Waals surface area (Å²) in [4.78, 5) is 36.8. The summed E-state index contributed by atoms with van der Waals surface area (Å²) < 4.78 is 10.5. The van der Waals surface area contributed by atoms with Gasteiger partial charge in [-0.05, 0) is 36.4 Å². The Balaban J connectivity index is 1.68. The second-order valence-electron chi connectivity index (χ2n) is 5.71. The third kappa shape index (κ3) is 3.68. The minimum absolute atomic E-state index is 0.0997. The Hall–Kier alpha value is -3.15. The van der Waals surface area contributed by atoms with Crippen molar-refractivity contribution in [3.8, 4) is 11.5 Å². The summed E-state index contributed by atoms with van der Waals surface area (Å²) in [5, 5.41) is 0. The summed E-state index contributed by atoms with van der Waals surface area (Å²) in [5.41, 5.74) is 1.19. The Kier molecular flexibility index (Phi) is 4.79. The number of hydrogen-bond donors (Lipinski definition) is 0. The van der Waals surface area contributed by atoms with Crippen molar-refractivity contribution in [2.45, 2.75) is 6.42 Å². The Morgan fingerprint density at radius 2 is 1.92 bits per heavy atom. The number of hydrogen-bond acceptors (Lipinski definition) is 5. The van der Waals surface area contributed by atoms with E-state index in [1.165, 1.54) is 0 Å². The van der Waals surface area contributed by atoms with E-state index in [1.807, 2.05) is 0 Å². The highest BCUT2D eigenvalue weighted by Crippen LogP contribution is 2.28. The number of rotatable bonds is 5. The third-order valence-electron chi connectivity index (χ3n) is 4.06. The Bertz CT molecular complexity index is 800. The maximum atomic E-state index is 12.3. The van der Waals surface area contributed by atoms with Gasteiger partial charge in [-0.3, -0.25) is 14.4 Å². The zero-order valence-corrected chi connectivity index (χ0v) is 13.7. The van der Waals surface area contributed by atoms with Crippen LogP contribution in [0.1, 0.15) is 16.8 Å². The van der Waals surface area contributed by atoms with Gasteiger partial charge in [-0.1, -0.05) is 6.07 Å². The van der Waals surface area contributed by atoms with Crippen LogP contribution in [-0.4, -0.2) is 31.8 Å². The van der Waals surface area contributed by atoms with Crippen molar-refractivity contribution >= 4 is 23.9 Å². The molecule has 1 aliphatic rings. The van der Waals surface area contributed by atoms with E-state index in [-0.39, 0.29) is 18.9 Å². The maximum absolute atomic E-state index is 12.3. The van der Waals surface area contributed by atoms with E-state index in [9.17, 15) is 14.4 Å². The molecule has 1 atom stereocenters. The lowest BCUT2D eigenvalue weighted by atomic mass is 10.1. The highest BCUT2D eigenvalue weighted by molar-refractivity contribution is 5.99. The van der Waals surface area contributed by atoms with Gasteiger partial charge in [0.2, 0.25) is 5.91 Å². The lowest BCUT2D eigenvalue weighted by Crippen LogP contribution is -2.27. The van der Waals surface area contributed by atoms with Crippen molar-refractivity contribution in [2.75, 3.05) is 18.6 Å². The number of amides is 1. The highest BCUT2D eigenvalue weighted by atomic mass is 16.5. The molecule has 0 spiro atoms. The fourth-order valence-electron chi connectivity index (χ4n) is 2.71. The predicted molar refractivity (Wildman–Crippen MR) is 90.9 cm³/mol. The fourth-order valence-corrected chi connectivity index (χ4v) is 2.71. The summed E-state index contributed by atoms with van der Waals surface area (Å²) >= 11 is 0. The predicted octanol–water partition coefficient (Wildman–Crippen LogP) is 2.47. The van der Waals surface area contributed by atoms with Crippen LogP contribution in [0.4, 0.5) is 5.69 Å². The fraction of sp³-hybridized carbons (Fsp3) is 0.211. The highest BCUT2D eigenvalue weighted by Gasteiger charge is 2.36. The molecule has 128 valence electrons. The van der Waals surface area contributed by atoms with Crippen molar-refractivity contribution in [1.82, 2.24) is 0 Å². The number of benzene rings is 2. The van der Waals surface area contributed by atoms with Crippen molar-refractivity contribution in [1.29, 1.82) is 0 Å². The van der Waals surface area contributed by atoms with E-state index in [4.69, 9.17) is 9.47 Å². The number of carbonyl (C=O) groups excluding carboxylic acids is 3. The van der Waals surface area contributed by atoms with E-state index >= 15 is 0 Å².